The molecule has 1 fully saturated rings. The van der Waals surface area contributed by atoms with E-state index in [9.17, 15) is 37.1 Å². The number of halogens is 3. The number of benzene rings is 3. The fourth-order valence-corrected chi connectivity index (χ4v) is 7.18. The van der Waals surface area contributed by atoms with Crippen LogP contribution in [0.15, 0.2) is 48.5 Å². The van der Waals surface area contributed by atoms with E-state index in [1.165, 1.54) is 19.2 Å². The maximum atomic E-state index is 13.4. The number of ether oxygens (including phenoxy) is 4. The maximum Gasteiger partial charge on any atom is 0.416 e. The fourth-order valence-electron chi connectivity index (χ4n) is 7.18. The van der Waals surface area contributed by atoms with Crippen molar-refractivity contribution in [1.82, 2.24) is 25.5 Å². The topological polar surface area (TPSA) is 225 Å². The lowest BCUT2D eigenvalue weighted by Gasteiger charge is -2.27. The van der Waals surface area contributed by atoms with E-state index < -0.39 is 47.5 Å². The Balaban J connectivity index is 0.852. The molecule has 3 aromatic carbocycles. The van der Waals surface area contributed by atoms with Crippen molar-refractivity contribution >= 4 is 57.6 Å². The number of piperidine rings is 1. The number of aromatic nitrogens is 2. The van der Waals surface area contributed by atoms with E-state index in [0.717, 1.165) is 17.0 Å². The number of nitrogen functional groups attached to an aromatic ring is 1. The Bertz CT molecular complexity index is 2360. The molecule has 20 heteroatoms. The summed E-state index contributed by atoms with van der Waals surface area (Å²) in [6.45, 7) is 5.49. The van der Waals surface area contributed by atoms with Crippen LogP contribution in [0.25, 0.3) is 10.9 Å². The zero-order valence-electron chi connectivity index (χ0n) is 35.0. The van der Waals surface area contributed by atoms with Crippen molar-refractivity contribution in [3.8, 4) is 11.5 Å². The summed E-state index contributed by atoms with van der Waals surface area (Å²) in [6, 6.07) is 10.0. The minimum atomic E-state index is -4.55. The van der Waals surface area contributed by atoms with Crippen LogP contribution >= 0.6 is 0 Å². The van der Waals surface area contributed by atoms with Gasteiger partial charge in [-0.25, -0.2) is 9.97 Å². The van der Waals surface area contributed by atoms with Crippen molar-refractivity contribution in [2.45, 2.75) is 64.2 Å². The Kier molecular flexibility index (Phi) is 15.0. The number of carbonyl (C=O) groups is 5. The molecule has 1 saturated heterocycles. The normalized spacial score (nSPS) is 15.6. The molecule has 6 rings (SSSR count). The number of methoxy groups -OCH3 is 1. The second kappa shape index (κ2) is 20.6. The van der Waals surface area contributed by atoms with Gasteiger partial charge in [-0.05, 0) is 75.1 Å². The molecule has 336 valence electrons. The van der Waals surface area contributed by atoms with E-state index in [2.05, 4.69) is 31.2 Å². The number of imide groups is 2. The van der Waals surface area contributed by atoms with Gasteiger partial charge in [0.15, 0.2) is 11.5 Å². The summed E-state index contributed by atoms with van der Waals surface area (Å²) >= 11 is 0. The first-order chi connectivity index (χ1) is 30.1. The quantitative estimate of drug-likeness (QED) is 0.0425. The summed E-state index contributed by atoms with van der Waals surface area (Å²) in [6.07, 6.45) is -3.01. The number of aryl methyl sites for hydroxylation is 1. The summed E-state index contributed by atoms with van der Waals surface area (Å²) < 4.78 is 63.1. The van der Waals surface area contributed by atoms with Crippen molar-refractivity contribution in [1.29, 1.82) is 0 Å². The zero-order valence-corrected chi connectivity index (χ0v) is 35.0. The first kappa shape index (κ1) is 46.0. The third-order valence-electron chi connectivity index (χ3n) is 10.3. The highest BCUT2D eigenvalue weighted by atomic mass is 19.4. The van der Waals surface area contributed by atoms with Gasteiger partial charge in [-0.2, -0.15) is 13.2 Å². The van der Waals surface area contributed by atoms with Crippen molar-refractivity contribution in [2.75, 3.05) is 69.6 Å². The molecule has 2 aliphatic heterocycles. The predicted octanol–water partition coefficient (Wildman–Crippen LogP) is 4.93. The standard InChI is InChI=1S/C43H49F3N8O9/c1-24(26-19-27(43(44,45)46)21-28(47)20-26)50-39-30-22-34(60-3)35(23-32(30)51-25(2)52-39)63-14-5-4-9-36(55)49-13-16-62-18-17-61-15-12-48-31-8-6-7-29-38(31)42(59)54(41(29)58)33-10-11-37(56)53-40(33)57/h6-8,19-24,33,48H,4-5,9-18,47H2,1-3H3,(H,49,55)(H,50,51,52)(H,53,56,57)/t24-,33?/m1/s1. The van der Waals surface area contributed by atoms with Gasteiger partial charge < -0.3 is 40.6 Å². The molecule has 0 spiro atoms. The summed E-state index contributed by atoms with van der Waals surface area (Å²) in [4.78, 5) is 72.5. The van der Waals surface area contributed by atoms with Gasteiger partial charge in [0.05, 0.1) is 68.4 Å². The second-order valence-electron chi connectivity index (χ2n) is 14.9. The van der Waals surface area contributed by atoms with E-state index in [4.69, 9.17) is 24.7 Å². The van der Waals surface area contributed by atoms with Crippen LogP contribution in [0.4, 0.5) is 30.4 Å². The average molecular weight is 879 g/mol. The van der Waals surface area contributed by atoms with Crippen molar-refractivity contribution in [3.63, 3.8) is 0 Å². The molecular formula is C43H49F3N8O9. The first-order valence-corrected chi connectivity index (χ1v) is 20.4. The van der Waals surface area contributed by atoms with Gasteiger partial charge in [-0.15, -0.1) is 0 Å². The number of alkyl halides is 3. The Morgan fingerprint density at radius 3 is 2.44 bits per heavy atom. The van der Waals surface area contributed by atoms with Crippen molar-refractivity contribution in [2.24, 2.45) is 0 Å². The van der Waals surface area contributed by atoms with E-state index in [-0.39, 0.29) is 68.4 Å². The molecule has 0 radical (unpaired) electrons. The van der Waals surface area contributed by atoms with Crippen LogP contribution in [-0.4, -0.2) is 104 Å². The highest BCUT2D eigenvalue weighted by Crippen LogP contribution is 2.37. The molecule has 0 bridgehead atoms. The van der Waals surface area contributed by atoms with Crippen LogP contribution in [0.5, 0.6) is 11.5 Å². The van der Waals surface area contributed by atoms with Crippen LogP contribution in [0, 0.1) is 6.92 Å². The first-order valence-electron chi connectivity index (χ1n) is 20.4. The van der Waals surface area contributed by atoms with Gasteiger partial charge in [-0.3, -0.25) is 34.2 Å². The third kappa shape index (κ3) is 11.5. The van der Waals surface area contributed by atoms with Crippen molar-refractivity contribution < 1.29 is 56.1 Å². The van der Waals surface area contributed by atoms with E-state index in [1.807, 2.05) is 0 Å². The van der Waals surface area contributed by atoms with Gasteiger partial charge in [0.25, 0.3) is 11.8 Å². The highest BCUT2D eigenvalue weighted by Gasteiger charge is 2.45. The van der Waals surface area contributed by atoms with Crippen LogP contribution in [0.3, 0.4) is 0 Å². The lowest BCUT2D eigenvalue weighted by molar-refractivity contribution is -0.138. The smallest absolute Gasteiger partial charge is 0.416 e. The third-order valence-corrected chi connectivity index (χ3v) is 10.3. The number of nitrogens with one attached hydrogen (secondary N) is 4. The van der Waals surface area contributed by atoms with Crippen LogP contribution in [-0.2, 0) is 30.0 Å². The number of rotatable bonds is 21. The van der Waals surface area contributed by atoms with Crippen molar-refractivity contribution in [3.05, 3.63) is 76.6 Å². The Morgan fingerprint density at radius 2 is 1.71 bits per heavy atom. The van der Waals surface area contributed by atoms with Gasteiger partial charge in [-0.1, -0.05) is 6.07 Å². The van der Waals surface area contributed by atoms with Gasteiger partial charge >= 0.3 is 6.18 Å². The minimum Gasteiger partial charge on any atom is -0.493 e. The molecule has 1 unspecified atom stereocenters. The highest BCUT2D eigenvalue weighted by molar-refractivity contribution is 6.25. The Hall–Kier alpha value is -6.54. The minimum absolute atomic E-state index is 0.00433. The molecule has 63 heavy (non-hydrogen) atoms. The molecule has 2 aliphatic rings. The van der Waals surface area contributed by atoms with E-state index >= 15 is 0 Å². The summed E-state index contributed by atoms with van der Waals surface area (Å²) in [5, 5.41) is 11.9. The zero-order chi connectivity index (χ0) is 45.3. The number of hydrogen-bond acceptors (Lipinski definition) is 14. The number of unbranched alkanes of at least 4 members (excludes halogenated alkanes) is 1. The van der Waals surface area contributed by atoms with E-state index in [1.54, 1.807) is 38.1 Å². The number of anilines is 3. The molecule has 17 nitrogen and oxygen atoms in total. The number of nitrogens with two attached hydrogens (primary N) is 1. The molecule has 2 atom stereocenters. The largest absolute Gasteiger partial charge is 0.493 e. The van der Waals surface area contributed by atoms with Crippen LogP contribution < -0.4 is 36.5 Å². The van der Waals surface area contributed by atoms with E-state index in [0.29, 0.717) is 77.8 Å². The van der Waals surface area contributed by atoms with Gasteiger partial charge in [0.2, 0.25) is 17.7 Å². The predicted molar refractivity (Wildman–Crippen MR) is 224 cm³/mol. The number of hydrogen-bond donors (Lipinski definition) is 5. The van der Waals surface area contributed by atoms with Gasteiger partial charge in [0, 0.05) is 48.8 Å². The second-order valence-corrected chi connectivity index (χ2v) is 14.9. The fraction of sp³-hybridized carbons (Fsp3) is 0.419. The Morgan fingerprint density at radius 1 is 0.952 bits per heavy atom. The molecular weight excluding hydrogens is 830 g/mol. The number of amides is 5. The lowest BCUT2D eigenvalue weighted by atomic mass is 10.0. The lowest BCUT2D eigenvalue weighted by Crippen LogP contribution is -2.54. The molecule has 4 aromatic rings. The van der Waals surface area contributed by atoms with Gasteiger partial charge in [0.1, 0.15) is 17.7 Å². The van der Waals surface area contributed by atoms with Crippen LogP contribution in [0.2, 0.25) is 0 Å². The molecule has 1 aromatic heterocycles. The van der Waals surface area contributed by atoms with Crippen LogP contribution in [0.1, 0.15) is 82.7 Å². The summed E-state index contributed by atoms with van der Waals surface area (Å²) in [5.41, 5.74) is 6.61. The monoisotopic (exact) mass is 878 g/mol. The summed E-state index contributed by atoms with van der Waals surface area (Å²) in [5.74, 6) is -0.748. The molecule has 5 amide bonds. The maximum absolute atomic E-state index is 13.4. The Labute approximate surface area is 360 Å². The molecule has 0 saturated carbocycles. The average Bonchev–Trinajstić information content (AvgIpc) is 3.49. The molecule has 0 aliphatic carbocycles. The molecule has 3 heterocycles. The number of nitrogens with zero attached hydrogens (tertiary/aromatic N) is 3. The molecule has 6 N–H and O–H groups in total. The summed E-state index contributed by atoms with van der Waals surface area (Å²) in [7, 11) is 1.49. The SMILES string of the molecule is COc1cc2c(N[C@H](C)c3cc(N)cc(C(F)(F)F)c3)nc(C)nc2cc1OCCCCC(=O)NCCOCCOCCNc1cccc2c1C(=O)N(C1CCC(=O)NC1=O)C2=O. The number of fused-ring (bicyclic) bond motifs is 2. The number of carbonyl (C=O) groups excluding carboxylic acids is 5.